The summed E-state index contributed by atoms with van der Waals surface area (Å²) in [5.74, 6) is 0.975. The summed E-state index contributed by atoms with van der Waals surface area (Å²) >= 11 is 5.02. The highest BCUT2D eigenvalue weighted by Crippen LogP contribution is 2.15. The van der Waals surface area contributed by atoms with E-state index < -0.39 is 0 Å². The molecule has 1 saturated heterocycles. The Labute approximate surface area is 126 Å². The number of rotatable bonds is 5. The van der Waals surface area contributed by atoms with Crippen LogP contribution in [0.25, 0.3) is 0 Å². The maximum atomic E-state index is 5.67. The molecular formula is C14H23N5S. The standard InChI is InChI=1S/C14H23N5S/c1-17(2)5-6-18-7-9-19(10-8-18)13-11-12(14(15)20)3-4-16-13/h3-4,11H,5-10H2,1-2H3,(H2,15,20). The molecule has 0 spiro atoms. The minimum Gasteiger partial charge on any atom is -0.389 e. The van der Waals surface area contributed by atoms with Crippen molar-refractivity contribution in [3.8, 4) is 0 Å². The van der Waals surface area contributed by atoms with Crippen molar-refractivity contribution in [1.29, 1.82) is 0 Å². The van der Waals surface area contributed by atoms with Gasteiger partial charge in [0.25, 0.3) is 0 Å². The summed E-state index contributed by atoms with van der Waals surface area (Å²) in [5.41, 5.74) is 6.56. The van der Waals surface area contributed by atoms with Crippen molar-refractivity contribution in [3.63, 3.8) is 0 Å². The normalized spacial score (nSPS) is 16.6. The molecule has 2 heterocycles. The fourth-order valence-electron chi connectivity index (χ4n) is 2.29. The number of thiocarbonyl (C=S) groups is 1. The Bertz CT molecular complexity index is 455. The number of likely N-dealkylation sites (N-methyl/N-ethyl adjacent to an activating group) is 1. The smallest absolute Gasteiger partial charge is 0.129 e. The second kappa shape index (κ2) is 6.97. The predicted octanol–water partition coefficient (Wildman–Crippen LogP) is 0.399. The van der Waals surface area contributed by atoms with Gasteiger partial charge in [0.2, 0.25) is 0 Å². The number of pyridine rings is 1. The Morgan fingerprint density at radius 2 is 2.05 bits per heavy atom. The van der Waals surface area contributed by atoms with Crippen molar-refractivity contribution in [3.05, 3.63) is 23.9 Å². The van der Waals surface area contributed by atoms with Crippen LogP contribution in [-0.4, -0.2) is 73.1 Å². The summed E-state index contributed by atoms with van der Waals surface area (Å²) in [7, 11) is 4.22. The van der Waals surface area contributed by atoms with Gasteiger partial charge in [-0.3, -0.25) is 4.90 Å². The van der Waals surface area contributed by atoms with Crippen LogP contribution in [-0.2, 0) is 0 Å². The first-order valence-corrected chi connectivity index (χ1v) is 7.35. The van der Waals surface area contributed by atoms with Gasteiger partial charge in [-0.15, -0.1) is 0 Å². The largest absolute Gasteiger partial charge is 0.389 e. The molecule has 1 aromatic rings. The first-order chi connectivity index (χ1) is 9.56. The van der Waals surface area contributed by atoms with E-state index >= 15 is 0 Å². The zero-order valence-corrected chi connectivity index (χ0v) is 13.1. The van der Waals surface area contributed by atoms with E-state index in [-0.39, 0.29) is 0 Å². The van der Waals surface area contributed by atoms with E-state index in [9.17, 15) is 0 Å². The van der Waals surface area contributed by atoms with Crippen LogP contribution >= 0.6 is 12.2 Å². The van der Waals surface area contributed by atoms with Crippen LogP contribution in [0.1, 0.15) is 5.56 Å². The minimum absolute atomic E-state index is 0.429. The Kier molecular flexibility index (Phi) is 5.28. The van der Waals surface area contributed by atoms with E-state index in [1.165, 1.54) is 0 Å². The second-order valence-electron chi connectivity index (χ2n) is 5.40. The third-order valence-corrected chi connectivity index (χ3v) is 3.83. The lowest BCUT2D eigenvalue weighted by Crippen LogP contribution is -2.48. The number of anilines is 1. The highest BCUT2D eigenvalue weighted by Gasteiger charge is 2.18. The number of piperazine rings is 1. The van der Waals surface area contributed by atoms with Gasteiger partial charge >= 0.3 is 0 Å². The molecule has 6 heteroatoms. The van der Waals surface area contributed by atoms with E-state index in [0.717, 1.165) is 50.6 Å². The molecule has 1 aliphatic rings. The first-order valence-electron chi connectivity index (χ1n) is 6.94. The number of hydrogen-bond acceptors (Lipinski definition) is 5. The zero-order valence-electron chi connectivity index (χ0n) is 12.2. The molecule has 0 saturated carbocycles. The van der Waals surface area contributed by atoms with E-state index in [0.29, 0.717) is 4.99 Å². The molecule has 0 radical (unpaired) electrons. The maximum absolute atomic E-state index is 5.67. The lowest BCUT2D eigenvalue weighted by Gasteiger charge is -2.35. The number of nitrogens with zero attached hydrogens (tertiary/aromatic N) is 4. The molecule has 1 aromatic heterocycles. The molecular weight excluding hydrogens is 270 g/mol. The van der Waals surface area contributed by atoms with Crippen molar-refractivity contribution < 1.29 is 0 Å². The van der Waals surface area contributed by atoms with Crippen LogP contribution in [0.5, 0.6) is 0 Å². The maximum Gasteiger partial charge on any atom is 0.129 e. The molecule has 0 aliphatic carbocycles. The molecule has 2 rings (SSSR count). The summed E-state index contributed by atoms with van der Waals surface area (Å²) in [4.78, 5) is 11.9. The average Bonchev–Trinajstić information content (AvgIpc) is 2.46. The van der Waals surface area contributed by atoms with Crippen molar-refractivity contribution in [2.75, 3.05) is 58.3 Å². The van der Waals surface area contributed by atoms with Crippen LogP contribution < -0.4 is 10.6 Å². The van der Waals surface area contributed by atoms with Crippen LogP contribution in [0.3, 0.4) is 0 Å². The highest BCUT2D eigenvalue weighted by molar-refractivity contribution is 7.80. The molecule has 1 aliphatic heterocycles. The summed E-state index contributed by atoms with van der Waals surface area (Å²) in [6.45, 7) is 6.39. The molecule has 5 nitrogen and oxygen atoms in total. The summed E-state index contributed by atoms with van der Waals surface area (Å²) < 4.78 is 0. The van der Waals surface area contributed by atoms with E-state index in [4.69, 9.17) is 18.0 Å². The lowest BCUT2D eigenvalue weighted by molar-refractivity contribution is 0.229. The zero-order chi connectivity index (χ0) is 14.5. The van der Waals surface area contributed by atoms with E-state index in [2.05, 4.69) is 33.8 Å². The molecule has 0 aromatic carbocycles. The van der Waals surface area contributed by atoms with E-state index in [1.807, 2.05) is 12.1 Å². The fraction of sp³-hybridized carbons (Fsp3) is 0.571. The minimum atomic E-state index is 0.429. The Balaban J connectivity index is 1.90. The molecule has 0 unspecified atom stereocenters. The van der Waals surface area contributed by atoms with Crippen molar-refractivity contribution in [2.24, 2.45) is 5.73 Å². The summed E-state index contributed by atoms with van der Waals surface area (Å²) in [6, 6.07) is 3.84. The summed E-state index contributed by atoms with van der Waals surface area (Å²) in [6.07, 6.45) is 1.78. The van der Waals surface area contributed by atoms with Gasteiger partial charge in [0.1, 0.15) is 10.8 Å². The Morgan fingerprint density at radius 1 is 1.35 bits per heavy atom. The molecule has 110 valence electrons. The molecule has 0 atom stereocenters. The molecule has 2 N–H and O–H groups in total. The number of hydrogen-bond donors (Lipinski definition) is 1. The molecule has 0 amide bonds. The monoisotopic (exact) mass is 293 g/mol. The number of aromatic nitrogens is 1. The van der Waals surface area contributed by atoms with Gasteiger partial charge in [-0.25, -0.2) is 4.98 Å². The van der Waals surface area contributed by atoms with Gasteiger partial charge < -0.3 is 15.5 Å². The van der Waals surface area contributed by atoms with Crippen molar-refractivity contribution >= 4 is 23.0 Å². The lowest BCUT2D eigenvalue weighted by atomic mass is 10.2. The van der Waals surface area contributed by atoms with Gasteiger partial charge in [-0.05, 0) is 26.2 Å². The topological polar surface area (TPSA) is 48.6 Å². The predicted molar refractivity (Wildman–Crippen MR) is 87.3 cm³/mol. The van der Waals surface area contributed by atoms with Crippen LogP contribution in [0.15, 0.2) is 18.3 Å². The van der Waals surface area contributed by atoms with Crippen LogP contribution in [0.4, 0.5) is 5.82 Å². The quantitative estimate of drug-likeness (QED) is 0.793. The first kappa shape index (κ1) is 15.2. The SMILES string of the molecule is CN(C)CCN1CCN(c2cc(C(N)=S)ccn2)CC1. The van der Waals surface area contributed by atoms with Gasteiger partial charge in [0.05, 0.1) is 0 Å². The van der Waals surface area contributed by atoms with Crippen molar-refractivity contribution in [2.45, 2.75) is 0 Å². The van der Waals surface area contributed by atoms with Crippen molar-refractivity contribution in [1.82, 2.24) is 14.8 Å². The third kappa shape index (κ3) is 4.13. The van der Waals surface area contributed by atoms with Crippen LogP contribution in [0.2, 0.25) is 0 Å². The third-order valence-electron chi connectivity index (χ3n) is 3.59. The second-order valence-corrected chi connectivity index (χ2v) is 5.84. The van der Waals surface area contributed by atoms with Gasteiger partial charge in [0.15, 0.2) is 0 Å². The van der Waals surface area contributed by atoms with Gasteiger partial charge in [0, 0.05) is 51.0 Å². The average molecular weight is 293 g/mol. The Morgan fingerprint density at radius 3 is 2.65 bits per heavy atom. The van der Waals surface area contributed by atoms with Gasteiger partial charge in [-0.2, -0.15) is 0 Å². The Hall–Kier alpha value is -1.24. The molecule has 0 bridgehead atoms. The number of nitrogens with two attached hydrogens (primary N) is 1. The molecule has 20 heavy (non-hydrogen) atoms. The molecule has 1 fully saturated rings. The van der Waals surface area contributed by atoms with E-state index in [1.54, 1.807) is 6.20 Å². The van der Waals surface area contributed by atoms with Crippen LogP contribution in [0, 0.1) is 0 Å². The summed E-state index contributed by atoms with van der Waals surface area (Å²) in [5, 5.41) is 0. The highest BCUT2D eigenvalue weighted by atomic mass is 32.1. The fourth-order valence-corrected chi connectivity index (χ4v) is 2.41. The van der Waals surface area contributed by atoms with Gasteiger partial charge in [-0.1, -0.05) is 12.2 Å².